The lowest BCUT2D eigenvalue weighted by Gasteiger charge is -2.27. The highest BCUT2D eigenvalue weighted by molar-refractivity contribution is 7.99. The van der Waals surface area contributed by atoms with E-state index < -0.39 is 0 Å². The van der Waals surface area contributed by atoms with Crippen molar-refractivity contribution in [3.05, 3.63) is 28.8 Å². The molecule has 3 nitrogen and oxygen atoms in total. The van der Waals surface area contributed by atoms with Gasteiger partial charge in [-0.2, -0.15) is 0 Å². The molecular formula is C14H19ClN2OS. The van der Waals surface area contributed by atoms with Gasteiger partial charge in [-0.05, 0) is 42.9 Å². The zero-order valence-electron chi connectivity index (χ0n) is 11.3. The van der Waals surface area contributed by atoms with Gasteiger partial charge < -0.3 is 10.2 Å². The summed E-state index contributed by atoms with van der Waals surface area (Å²) in [4.78, 5) is 14.8. The average molecular weight is 299 g/mol. The van der Waals surface area contributed by atoms with Crippen LogP contribution in [0.4, 0.5) is 0 Å². The Balaban J connectivity index is 2.03. The number of benzene rings is 1. The van der Waals surface area contributed by atoms with Crippen LogP contribution in [-0.4, -0.2) is 36.7 Å². The van der Waals surface area contributed by atoms with E-state index in [2.05, 4.69) is 11.4 Å². The topological polar surface area (TPSA) is 32.3 Å². The number of carbonyl (C=O) groups excluding carboxylic acids is 1. The second kappa shape index (κ2) is 6.64. The van der Waals surface area contributed by atoms with E-state index in [1.165, 1.54) is 10.5 Å². The Morgan fingerprint density at radius 1 is 1.58 bits per heavy atom. The largest absolute Gasteiger partial charge is 0.345 e. The van der Waals surface area contributed by atoms with Crippen molar-refractivity contribution < 1.29 is 4.79 Å². The van der Waals surface area contributed by atoms with E-state index >= 15 is 0 Å². The number of halogens is 1. The van der Waals surface area contributed by atoms with Crippen molar-refractivity contribution in [3.8, 4) is 0 Å². The van der Waals surface area contributed by atoms with Gasteiger partial charge in [0.25, 0.3) is 0 Å². The highest BCUT2D eigenvalue weighted by Gasteiger charge is 2.21. The molecule has 19 heavy (non-hydrogen) atoms. The van der Waals surface area contributed by atoms with Gasteiger partial charge in [0.15, 0.2) is 0 Å². The Labute approximate surface area is 123 Å². The second-order valence-corrected chi connectivity index (χ2v) is 6.23. The van der Waals surface area contributed by atoms with Gasteiger partial charge in [-0.1, -0.05) is 11.6 Å². The van der Waals surface area contributed by atoms with Crippen LogP contribution >= 0.6 is 23.4 Å². The van der Waals surface area contributed by atoms with Crippen molar-refractivity contribution in [3.63, 3.8) is 0 Å². The SMILES string of the molecule is CCN(C)C(=O)CNC1CCSc2ccc(Cl)cc21. The fraction of sp³-hybridized carbons (Fsp3) is 0.500. The van der Waals surface area contributed by atoms with Crippen LogP contribution in [0.25, 0.3) is 0 Å². The Morgan fingerprint density at radius 3 is 3.11 bits per heavy atom. The van der Waals surface area contributed by atoms with Crippen molar-refractivity contribution in [2.45, 2.75) is 24.3 Å². The first-order chi connectivity index (χ1) is 9.11. The molecule has 0 spiro atoms. The lowest BCUT2D eigenvalue weighted by Crippen LogP contribution is -2.37. The molecule has 2 rings (SSSR count). The molecule has 1 N–H and O–H groups in total. The number of amides is 1. The van der Waals surface area contributed by atoms with E-state index in [0.29, 0.717) is 6.54 Å². The number of fused-ring (bicyclic) bond motifs is 1. The molecular weight excluding hydrogens is 280 g/mol. The monoisotopic (exact) mass is 298 g/mol. The molecule has 0 saturated carbocycles. The fourth-order valence-electron chi connectivity index (χ4n) is 2.10. The third kappa shape index (κ3) is 3.65. The van der Waals surface area contributed by atoms with E-state index in [1.807, 2.05) is 37.9 Å². The third-order valence-corrected chi connectivity index (χ3v) is 4.77. The predicted molar refractivity (Wildman–Crippen MR) is 80.8 cm³/mol. The van der Waals surface area contributed by atoms with E-state index in [-0.39, 0.29) is 11.9 Å². The predicted octanol–water partition coefficient (Wildman–Crippen LogP) is 2.94. The van der Waals surface area contributed by atoms with E-state index in [1.54, 1.807) is 4.90 Å². The van der Waals surface area contributed by atoms with Crippen LogP contribution in [0.2, 0.25) is 5.02 Å². The molecule has 1 aromatic carbocycles. The standard InChI is InChI=1S/C14H19ClN2OS/c1-3-17(2)14(18)9-16-12-6-7-19-13-5-4-10(15)8-11(12)13/h4-5,8,12,16H,3,6-7,9H2,1-2H3. The summed E-state index contributed by atoms with van der Waals surface area (Å²) >= 11 is 7.92. The number of nitrogens with zero attached hydrogens (tertiary/aromatic N) is 1. The molecule has 1 aromatic rings. The van der Waals surface area contributed by atoms with Gasteiger partial charge in [0.05, 0.1) is 6.54 Å². The molecule has 0 aliphatic carbocycles. The van der Waals surface area contributed by atoms with Crippen LogP contribution in [0.3, 0.4) is 0 Å². The number of carbonyl (C=O) groups is 1. The van der Waals surface area contributed by atoms with Crippen LogP contribution < -0.4 is 5.32 Å². The molecule has 1 heterocycles. The first-order valence-corrected chi connectivity index (χ1v) is 7.87. The molecule has 0 aromatic heterocycles. The number of thioether (sulfide) groups is 1. The number of hydrogen-bond acceptors (Lipinski definition) is 3. The molecule has 1 unspecified atom stereocenters. The number of likely N-dealkylation sites (N-methyl/N-ethyl adjacent to an activating group) is 1. The van der Waals surface area contributed by atoms with E-state index in [4.69, 9.17) is 11.6 Å². The molecule has 1 atom stereocenters. The molecule has 1 aliphatic heterocycles. The Kier molecular flexibility index (Phi) is 5.13. The maximum absolute atomic E-state index is 11.8. The fourth-order valence-corrected chi connectivity index (χ4v) is 3.39. The minimum atomic E-state index is 0.129. The van der Waals surface area contributed by atoms with E-state index in [9.17, 15) is 4.79 Å². The van der Waals surface area contributed by atoms with Crippen molar-refractivity contribution in [2.24, 2.45) is 0 Å². The first kappa shape index (κ1) is 14.7. The van der Waals surface area contributed by atoms with Crippen LogP contribution in [0.15, 0.2) is 23.1 Å². The third-order valence-electron chi connectivity index (χ3n) is 3.41. The van der Waals surface area contributed by atoms with Crippen molar-refractivity contribution in [1.82, 2.24) is 10.2 Å². The van der Waals surface area contributed by atoms with E-state index in [0.717, 1.165) is 23.7 Å². The van der Waals surface area contributed by atoms with Gasteiger partial charge in [-0.15, -0.1) is 11.8 Å². The summed E-state index contributed by atoms with van der Waals surface area (Å²) in [5, 5.41) is 4.11. The van der Waals surface area contributed by atoms with Gasteiger partial charge in [0, 0.05) is 29.6 Å². The van der Waals surface area contributed by atoms with Crippen molar-refractivity contribution >= 4 is 29.3 Å². The Hall–Kier alpha value is -0.710. The number of hydrogen-bond donors (Lipinski definition) is 1. The summed E-state index contributed by atoms with van der Waals surface area (Å²) < 4.78 is 0. The molecule has 5 heteroatoms. The summed E-state index contributed by atoms with van der Waals surface area (Å²) in [6.45, 7) is 3.10. The maximum atomic E-state index is 11.8. The summed E-state index contributed by atoms with van der Waals surface area (Å²) in [7, 11) is 1.82. The Morgan fingerprint density at radius 2 is 2.37 bits per heavy atom. The lowest BCUT2D eigenvalue weighted by atomic mass is 10.0. The number of nitrogens with one attached hydrogen (secondary N) is 1. The van der Waals surface area contributed by atoms with Crippen molar-refractivity contribution in [2.75, 3.05) is 25.9 Å². The van der Waals surface area contributed by atoms with Gasteiger partial charge in [0.2, 0.25) is 5.91 Å². The lowest BCUT2D eigenvalue weighted by molar-refractivity contribution is -0.128. The zero-order chi connectivity index (χ0) is 13.8. The van der Waals surface area contributed by atoms with Gasteiger partial charge >= 0.3 is 0 Å². The second-order valence-electron chi connectivity index (χ2n) is 4.66. The molecule has 0 fully saturated rings. The summed E-state index contributed by atoms with van der Waals surface area (Å²) in [6, 6.07) is 6.22. The molecule has 0 radical (unpaired) electrons. The van der Waals surface area contributed by atoms with Crippen LogP contribution in [0.1, 0.15) is 24.9 Å². The van der Waals surface area contributed by atoms with Crippen LogP contribution in [-0.2, 0) is 4.79 Å². The van der Waals surface area contributed by atoms with Gasteiger partial charge in [-0.3, -0.25) is 4.79 Å². The number of rotatable bonds is 4. The molecule has 104 valence electrons. The first-order valence-electron chi connectivity index (χ1n) is 6.51. The minimum Gasteiger partial charge on any atom is -0.345 e. The highest BCUT2D eigenvalue weighted by atomic mass is 35.5. The Bertz CT molecular complexity index is 467. The summed E-state index contributed by atoms with van der Waals surface area (Å²) in [6.07, 6.45) is 1.03. The summed E-state index contributed by atoms with van der Waals surface area (Å²) in [5.41, 5.74) is 1.22. The van der Waals surface area contributed by atoms with Gasteiger partial charge in [0.1, 0.15) is 0 Å². The molecule has 1 aliphatic rings. The normalized spacial score (nSPS) is 17.9. The minimum absolute atomic E-state index is 0.129. The highest BCUT2D eigenvalue weighted by Crippen LogP contribution is 2.37. The molecule has 0 saturated heterocycles. The molecule has 0 bridgehead atoms. The maximum Gasteiger partial charge on any atom is 0.236 e. The van der Waals surface area contributed by atoms with Crippen LogP contribution in [0, 0.1) is 0 Å². The quantitative estimate of drug-likeness (QED) is 0.927. The van der Waals surface area contributed by atoms with Crippen LogP contribution in [0.5, 0.6) is 0 Å². The zero-order valence-corrected chi connectivity index (χ0v) is 12.9. The summed E-state index contributed by atoms with van der Waals surface area (Å²) in [5.74, 6) is 1.20. The molecule has 1 amide bonds. The van der Waals surface area contributed by atoms with Crippen molar-refractivity contribution in [1.29, 1.82) is 0 Å². The smallest absolute Gasteiger partial charge is 0.236 e. The van der Waals surface area contributed by atoms with Gasteiger partial charge in [-0.25, -0.2) is 0 Å². The average Bonchev–Trinajstić information content (AvgIpc) is 2.43.